The van der Waals surface area contributed by atoms with Crippen molar-refractivity contribution in [2.45, 2.75) is 39.2 Å². The molecule has 0 heterocycles. The van der Waals surface area contributed by atoms with Crippen LogP contribution in [0, 0.1) is 0 Å². The maximum absolute atomic E-state index is 12.4. The first-order valence-electron chi connectivity index (χ1n) is 8.97. The SMILES string of the molecule is CC(Oc1ccc(C(C)(C)C)cc1)C(=O)Nc1ccc(C(=O)N(C)C)cc1. The van der Waals surface area contributed by atoms with Crippen LogP contribution in [0.25, 0.3) is 0 Å². The summed E-state index contributed by atoms with van der Waals surface area (Å²) in [5.41, 5.74) is 2.47. The molecule has 2 rings (SSSR count). The predicted molar refractivity (Wildman–Crippen MR) is 108 cm³/mol. The van der Waals surface area contributed by atoms with E-state index >= 15 is 0 Å². The quantitative estimate of drug-likeness (QED) is 0.865. The van der Waals surface area contributed by atoms with Gasteiger partial charge in [-0.05, 0) is 54.3 Å². The maximum atomic E-state index is 12.4. The summed E-state index contributed by atoms with van der Waals surface area (Å²) in [7, 11) is 3.40. The monoisotopic (exact) mass is 368 g/mol. The number of carbonyl (C=O) groups excluding carboxylic acids is 2. The summed E-state index contributed by atoms with van der Waals surface area (Å²) in [6.45, 7) is 8.15. The third-order valence-corrected chi connectivity index (χ3v) is 4.21. The number of hydrogen-bond donors (Lipinski definition) is 1. The Bertz CT molecular complexity index is 788. The summed E-state index contributed by atoms with van der Waals surface area (Å²) < 4.78 is 5.74. The molecule has 0 saturated heterocycles. The van der Waals surface area contributed by atoms with Crippen LogP contribution in [0.3, 0.4) is 0 Å². The van der Waals surface area contributed by atoms with Gasteiger partial charge in [0, 0.05) is 25.3 Å². The van der Waals surface area contributed by atoms with Gasteiger partial charge in [-0.25, -0.2) is 0 Å². The molecule has 5 nitrogen and oxygen atoms in total. The van der Waals surface area contributed by atoms with Gasteiger partial charge in [-0.1, -0.05) is 32.9 Å². The zero-order valence-corrected chi connectivity index (χ0v) is 16.9. The molecule has 0 radical (unpaired) electrons. The Morgan fingerprint density at radius 1 is 0.963 bits per heavy atom. The number of carbonyl (C=O) groups is 2. The molecule has 1 atom stereocenters. The minimum atomic E-state index is -0.645. The number of ether oxygens (including phenoxy) is 1. The van der Waals surface area contributed by atoms with Crippen molar-refractivity contribution < 1.29 is 14.3 Å². The van der Waals surface area contributed by atoms with E-state index in [1.54, 1.807) is 45.3 Å². The molecule has 0 aliphatic rings. The van der Waals surface area contributed by atoms with E-state index in [1.165, 1.54) is 10.5 Å². The van der Waals surface area contributed by atoms with Gasteiger partial charge in [0.25, 0.3) is 11.8 Å². The minimum Gasteiger partial charge on any atom is -0.481 e. The average Bonchev–Trinajstić information content (AvgIpc) is 2.61. The molecule has 0 bridgehead atoms. The van der Waals surface area contributed by atoms with Crippen LogP contribution < -0.4 is 10.1 Å². The number of rotatable bonds is 5. The van der Waals surface area contributed by atoms with E-state index in [4.69, 9.17) is 4.74 Å². The Labute approximate surface area is 161 Å². The van der Waals surface area contributed by atoms with Crippen LogP contribution in [-0.4, -0.2) is 36.9 Å². The fourth-order valence-corrected chi connectivity index (χ4v) is 2.49. The number of benzene rings is 2. The van der Waals surface area contributed by atoms with Gasteiger partial charge in [0.1, 0.15) is 5.75 Å². The summed E-state index contributed by atoms with van der Waals surface area (Å²) in [4.78, 5) is 25.8. The number of anilines is 1. The Morgan fingerprint density at radius 2 is 1.52 bits per heavy atom. The molecule has 2 aromatic rings. The first kappa shape index (κ1) is 20.5. The molecular formula is C22H28N2O3. The lowest BCUT2D eigenvalue weighted by atomic mass is 9.87. The van der Waals surface area contributed by atoms with E-state index < -0.39 is 6.10 Å². The van der Waals surface area contributed by atoms with Crippen molar-refractivity contribution in [3.05, 3.63) is 59.7 Å². The molecular weight excluding hydrogens is 340 g/mol. The highest BCUT2D eigenvalue weighted by Gasteiger charge is 2.17. The standard InChI is InChI=1S/C22H28N2O3/c1-15(27-19-13-9-17(10-14-19)22(2,3)4)20(25)23-18-11-7-16(8-12-18)21(26)24(5)6/h7-15H,1-6H3,(H,23,25). The first-order valence-corrected chi connectivity index (χ1v) is 8.97. The Morgan fingerprint density at radius 3 is 2.00 bits per heavy atom. The molecule has 0 saturated carbocycles. The second-order valence-electron chi connectivity index (χ2n) is 7.80. The molecule has 0 aliphatic carbocycles. The first-order chi connectivity index (χ1) is 12.6. The zero-order valence-electron chi connectivity index (χ0n) is 16.9. The van der Waals surface area contributed by atoms with Gasteiger partial charge in [0.05, 0.1) is 0 Å². The molecule has 2 aromatic carbocycles. The lowest BCUT2D eigenvalue weighted by molar-refractivity contribution is -0.122. The van der Waals surface area contributed by atoms with Gasteiger partial charge in [-0.2, -0.15) is 0 Å². The van der Waals surface area contributed by atoms with Crippen molar-refractivity contribution in [1.29, 1.82) is 0 Å². The van der Waals surface area contributed by atoms with Crippen LogP contribution in [0.15, 0.2) is 48.5 Å². The minimum absolute atomic E-state index is 0.0711. The number of nitrogens with zero attached hydrogens (tertiary/aromatic N) is 1. The van der Waals surface area contributed by atoms with E-state index in [9.17, 15) is 9.59 Å². The Hall–Kier alpha value is -2.82. The van der Waals surface area contributed by atoms with Gasteiger partial charge in [-0.3, -0.25) is 9.59 Å². The average molecular weight is 368 g/mol. The lowest BCUT2D eigenvalue weighted by Gasteiger charge is -2.20. The highest BCUT2D eigenvalue weighted by atomic mass is 16.5. The van der Waals surface area contributed by atoms with E-state index in [0.717, 1.165) is 0 Å². The molecule has 0 aliphatic heterocycles. The number of amides is 2. The number of hydrogen-bond acceptors (Lipinski definition) is 3. The van der Waals surface area contributed by atoms with Crippen molar-refractivity contribution >= 4 is 17.5 Å². The molecule has 0 aromatic heterocycles. The predicted octanol–water partition coefficient (Wildman–Crippen LogP) is 4.09. The van der Waals surface area contributed by atoms with Gasteiger partial charge in [0.2, 0.25) is 0 Å². The Kier molecular flexibility index (Phi) is 6.26. The molecule has 1 unspecified atom stereocenters. The van der Waals surface area contributed by atoms with Gasteiger partial charge < -0.3 is 15.0 Å². The summed E-state index contributed by atoms with van der Waals surface area (Å²) in [6, 6.07) is 14.6. The second-order valence-corrected chi connectivity index (χ2v) is 7.80. The summed E-state index contributed by atoms with van der Waals surface area (Å²) >= 11 is 0. The zero-order chi connectivity index (χ0) is 20.2. The summed E-state index contributed by atoms with van der Waals surface area (Å²) in [5, 5.41) is 2.80. The molecule has 27 heavy (non-hydrogen) atoms. The fourth-order valence-electron chi connectivity index (χ4n) is 2.49. The molecule has 144 valence electrons. The van der Waals surface area contributed by atoms with Crippen molar-refractivity contribution in [3.8, 4) is 5.75 Å². The highest BCUT2D eigenvalue weighted by Crippen LogP contribution is 2.24. The van der Waals surface area contributed by atoms with E-state index in [0.29, 0.717) is 17.0 Å². The molecule has 1 N–H and O–H groups in total. The van der Waals surface area contributed by atoms with Crippen LogP contribution in [0.1, 0.15) is 43.6 Å². The largest absolute Gasteiger partial charge is 0.481 e. The molecule has 0 fully saturated rings. The van der Waals surface area contributed by atoms with Crippen LogP contribution in [0.2, 0.25) is 0 Å². The van der Waals surface area contributed by atoms with Crippen molar-refractivity contribution in [2.24, 2.45) is 0 Å². The van der Waals surface area contributed by atoms with E-state index in [1.807, 2.05) is 24.3 Å². The second kappa shape index (κ2) is 8.25. The van der Waals surface area contributed by atoms with E-state index in [2.05, 4.69) is 26.1 Å². The third kappa shape index (κ3) is 5.58. The third-order valence-electron chi connectivity index (χ3n) is 4.21. The van der Waals surface area contributed by atoms with E-state index in [-0.39, 0.29) is 17.2 Å². The van der Waals surface area contributed by atoms with Crippen LogP contribution >= 0.6 is 0 Å². The normalized spacial score (nSPS) is 12.2. The van der Waals surface area contributed by atoms with Crippen LogP contribution in [0.4, 0.5) is 5.69 Å². The topological polar surface area (TPSA) is 58.6 Å². The summed E-state index contributed by atoms with van der Waals surface area (Å²) in [6.07, 6.45) is -0.645. The van der Waals surface area contributed by atoms with Crippen LogP contribution in [0.5, 0.6) is 5.75 Å². The van der Waals surface area contributed by atoms with Gasteiger partial charge in [0.15, 0.2) is 6.10 Å². The fraction of sp³-hybridized carbons (Fsp3) is 0.364. The molecule has 0 spiro atoms. The number of nitrogens with one attached hydrogen (secondary N) is 1. The Balaban J connectivity index is 1.96. The van der Waals surface area contributed by atoms with Gasteiger partial charge >= 0.3 is 0 Å². The molecule has 5 heteroatoms. The lowest BCUT2D eigenvalue weighted by Crippen LogP contribution is -2.30. The highest BCUT2D eigenvalue weighted by molar-refractivity contribution is 5.96. The van der Waals surface area contributed by atoms with Crippen LogP contribution in [-0.2, 0) is 10.2 Å². The van der Waals surface area contributed by atoms with Crippen molar-refractivity contribution in [3.63, 3.8) is 0 Å². The smallest absolute Gasteiger partial charge is 0.265 e. The maximum Gasteiger partial charge on any atom is 0.265 e. The summed E-state index contributed by atoms with van der Waals surface area (Å²) in [5.74, 6) is 0.322. The van der Waals surface area contributed by atoms with Crippen molar-refractivity contribution in [2.75, 3.05) is 19.4 Å². The molecule has 2 amide bonds. The van der Waals surface area contributed by atoms with Gasteiger partial charge in [-0.15, -0.1) is 0 Å². The van der Waals surface area contributed by atoms with Crippen molar-refractivity contribution in [1.82, 2.24) is 4.90 Å².